The molecule has 0 fully saturated rings. The van der Waals surface area contributed by atoms with E-state index in [2.05, 4.69) is 0 Å². The first-order valence-corrected chi connectivity index (χ1v) is 5.35. The summed E-state index contributed by atoms with van der Waals surface area (Å²) in [5.74, 6) is -0.765. The van der Waals surface area contributed by atoms with Crippen molar-refractivity contribution in [2.24, 2.45) is 5.41 Å². The Kier molecular flexibility index (Phi) is 3.76. The summed E-state index contributed by atoms with van der Waals surface area (Å²) in [6.45, 7) is 4.89. The van der Waals surface area contributed by atoms with Crippen LogP contribution in [-0.4, -0.2) is 18.2 Å². The highest BCUT2D eigenvalue weighted by Crippen LogP contribution is 2.30. The molecule has 0 aromatic heterocycles. The minimum Gasteiger partial charge on any atom is -0.496 e. The van der Waals surface area contributed by atoms with Gasteiger partial charge in [0.15, 0.2) is 0 Å². The molecular formula is C13H17FO3. The van der Waals surface area contributed by atoms with Gasteiger partial charge in [0.2, 0.25) is 0 Å². The molecule has 0 saturated heterocycles. The lowest BCUT2D eigenvalue weighted by Gasteiger charge is -2.21. The van der Waals surface area contributed by atoms with E-state index in [-0.39, 0.29) is 6.42 Å². The van der Waals surface area contributed by atoms with Gasteiger partial charge in [0.25, 0.3) is 0 Å². The van der Waals surface area contributed by atoms with E-state index >= 15 is 0 Å². The molecule has 3 nitrogen and oxygen atoms in total. The van der Waals surface area contributed by atoms with Crippen molar-refractivity contribution in [3.63, 3.8) is 0 Å². The third kappa shape index (κ3) is 2.75. The van der Waals surface area contributed by atoms with Gasteiger partial charge in [-0.2, -0.15) is 0 Å². The van der Waals surface area contributed by atoms with Crippen LogP contribution < -0.4 is 4.74 Å². The van der Waals surface area contributed by atoms with Crippen molar-refractivity contribution in [2.45, 2.75) is 27.2 Å². The van der Waals surface area contributed by atoms with Gasteiger partial charge in [-0.1, -0.05) is 0 Å². The number of hydrogen-bond acceptors (Lipinski definition) is 2. The fourth-order valence-corrected chi connectivity index (χ4v) is 1.66. The zero-order valence-electron chi connectivity index (χ0n) is 10.5. The number of ether oxygens (including phenoxy) is 1. The summed E-state index contributed by atoms with van der Waals surface area (Å²) in [6, 6.07) is 2.85. The van der Waals surface area contributed by atoms with E-state index in [1.165, 1.54) is 13.2 Å². The molecule has 0 atom stereocenters. The molecule has 1 aromatic carbocycles. The Hall–Kier alpha value is -1.58. The Morgan fingerprint density at radius 1 is 1.47 bits per heavy atom. The molecule has 0 unspecified atom stereocenters. The summed E-state index contributed by atoms with van der Waals surface area (Å²) >= 11 is 0. The van der Waals surface area contributed by atoms with Gasteiger partial charge < -0.3 is 9.84 Å². The van der Waals surface area contributed by atoms with Crippen LogP contribution in [0, 0.1) is 18.2 Å². The lowest BCUT2D eigenvalue weighted by Crippen LogP contribution is -2.27. The molecule has 0 bridgehead atoms. The maximum absolute atomic E-state index is 13.7. The van der Waals surface area contributed by atoms with Crippen LogP contribution >= 0.6 is 0 Å². The monoisotopic (exact) mass is 240 g/mol. The van der Waals surface area contributed by atoms with E-state index in [1.54, 1.807) is 26.8 Å². The smallest absolute Gasteiger partial charge is 0.309 e. The van der Waals surface area contributed by atoms with Crippen LogP contribution in [0.1, 0.15) is 25.0 Å². The third-order valence-electron chi connectivity index (χ3n) is 2.91. The molecule has 1 N–H and O–H groups in total. The number of methoxy groups -OCH3 is 1. The Balaban J connectivity index is 3.18. The molecule has 0 spiro atoms. The topological polar surface area (TPSA) is 46.5 Å². The van der Waals surface area contributed by atoms with Crippen molar-refractivity contribution in [3.05, 3.63) is 29.1 Å². The van der Waals surface area contributed by atoms with Crippen molar-refractivity contribution < 1.29 is 19.0 Å². The highest BCUT2D eigenvalue weighted by molar-refractivity contribution is 5.74. The maximum atomic E-state index is 13.7. The molecule has 0 aliphatic heterocycles. The van der Waals surface area contributed by atoms with Gasteiger partial charge in [-0.05, 0) is 50.5 Å². The molecule has 1 rings (SSSR count). The second-order valence-corrected chi connectivity index (χ2v) is 4.72. The molecule has 94 valence electrons. The van der Waals surface area contributed by atoms with Gasteiger partial charge in [-0.3, -0.25) is 4.79 Å². The highest BCUT2D eigenvalue weighted by Gasteiger charge is 2.29. The maximum Gasteiger partial charge on any atom is 0.309 e. The normalized spacial score (nSPS) is 11.4. The lowest BCUT2D eigenvalue weighted by molar-refractivity contribution is -0.146. The molecule has 0 aliphatic carbocycles. The summed E-state index contributed by atoms with van der Waals surface area (Å²) in [5, 5.41) is 9.06. The first-order chi connectivity index (χ1) is 7.79. The second kappa shape index (κ2) is 4.73. The van der Waals surface area contributed by atoms with Crippen LogP contribution in [0.4, 0.5) is 4.39 Å². The Morgan fingerprint density at radius 3 is 2.53 bits per heavy atom. The van der Waals surface area contributed by atoms with Gasteiger partial charge in [-0.25, -0.2) is 4.39 Å². The summed E-state index contributed by atoms with van der Waals surface area (Å²) in [4.78, 5) is 11.0. The summed E-state index contributed by atoms with van der Waals surface area (Å²) in [5.41, 5.74) is 0.0522. The van der Waals surface area contributed by atoms with Crippen molar-refractivity contribution in [1.82, 2.24) is 0 Å². The number of benzene rings is 1. The largest absolute Gasteiger partial charge is 0.496 e. The first kappa shape index (κ1) is 13.5. The Labute approximate surface area is 100 Å². The fourth-order valence-electron chi connectivity index (χ4n) is 1.66. The molecule has 17 heavy (non-hydrogen) atoms. The predicted molar refractivity (Wildman–Crippen MR) is 62.8 cm³/mol. The minimum atomic E-state index is -1.00. The van der Waals surface area contributed by atoms with Crippen molar-refractivity contribution >= 4 is 5.97 Å². The molecule has 0 saturated carbocycles. The average molecular weight is 240 g/mol. The van der Waals surface area contributed by atoms with E-state index in [0.717, 1.165) is 0 Å². The Bertz CT molecular complexity index is 439. The van der Waals surface area contributed by atoms with E-state index in [9.17, 15) is 9.18 Å². The summed E-state index contributed by atoms with van der Waals surface area (Å²) in [7, 11) is 1.51. The second-order valence-electron chi connectivity index (χ2n) is 4.72. The van der Waals surface area contributed by atoms with Crippen molar-refractivity contribution in [2.75, 3.05) is 7.11 Å². The van der Waals surface area contributed by atoms with E-state index in [0.29, 0.717) is 16.9 Å². The zero-order chi connectivity index (χ0) is 13.2. The van der Waals surface area contributed by atoms with Gasteiger partial charge in [0.05, 0.1) is 12.5 Å². The molecule has 4 heteroatoms. The van der Waals surface area contributed by atoms with Crippen molar-refractivity contribution in [3.8, 4) is 5.75 Å². The number of aliphatic carboxylic acids is 1. The molecule has 1 aromatic rings. The van der Waals surface area contributed by atoms with Crippen LogP contribution in [0.3, 0.4) is 0 Å². The lowest BCUT2D eigenvalue weighted by atomic mass is 9.84. The van der Waals surface area contributed by atoms with Crippen LogP contribution in [0.2, 0.25) is 0 Å². The number of hydrogen-bond donors (Lipinski definition) is 1. The molecule has 0 aliphatic rings. The molecule has 0 heterocycles. The number of halogens is 1. The summed E-state index contributed by atoms with van der Waals surface area (Å²) < 4.78 is 18.8. The molecule has 0 amide bonds. The van der Waals surface area contributed by atoms with Crippen molar-refractivity contribution in [1.29, 1.82) is 0 Å². The first-order valence-electron chi connectivity index (χ1n) is 5.35. The minimum absolute atomic E-state index is 0.136. The third-order valence-corrected chi connectivity index (χ3v) is 2.91. The predicted octanol–water partition coefficient (Wildman–Crippen LogP) is 2.80. The molecule has 0 radical (unpaired) electrons. The van der Waals surface area contributed by atoms with E-state index in [4.69, 9.17) is 9.84 Å². The van der Waals surface area contributed by atoms with E-state index < -0.39 is 17.2 Å². The molecular weight excluding hydrogens is 223 g/mol. The zero-order valence-corrected chi connectivity index (χ0v) is 10.5. The SMILES string of the molecule is COc1ccc(F)c(CC(C)(C)C(=O)O)c1C. The van der Waals surface area contributed by atoms with Crippen LogP contribution in [0.25, 0.3) is 0 Å². The summed E-state index contributed by atoms with van der Waals surface area (Å²) in [6.07, 6.45) is 0.136. The number of carbonyl (C=O) groups is 1. The number of rotatable bonds is 4. The van der Waals surface area contributed by atoms with Crippen LogP contribution in [0.15, 0.2) is 12.1 Å². The standard InChI is InChI=1S/C13H17FO3/c1-8-9(7-13(2,3)12(15)16)10(14)5-6-11(8)17-4/h5-6H,7H2,1-4H3,(H,15,16). The van der Waals surface area contributed by atoms with Gasteiger partial charge in [0, 0.05) is 0 Å². The van der Waals surface area contributed by atoms with Crippen LogP contribution in [0.5, 0.6) is 5.75 Å². The van der Waals surface area contributed by atoms with E-state index in [1.807, 2.05) is 0 Å². The average Bonchev–Trinajstić information content (AvgIpc) is 2.24. The Morgan fingerprint density at radius 2 is 2.06 bits per heavy atom. The quantitative estimate of drug-likeness (QED) is 0.880. The fraction of sp³-hybridized carbons (Fsp3) is 0.462. The van der Waals surface area contributed by atoms with Gasteiger partial charge >= 0.3 is 5.97 Å². The van der Waals surface area contributed by atoms with Gasteiger partial charge in [0.1, 0.15) is 11.6 Å². The van der Waals surface area contributed by atoms with Crippen LogP contribution in [-0.2, 0) is 11.2 Å². The highest BCUT2D eigenvalue weighted by atomic mass is 19.1. The number of carboxylic acids is 1. The van der Waals surface area contributed by atoms with Gasteiger partial charge in [-0.15, -0.1) is 0 Å². The number of carboxylic acid groups (broad SMARTS) is 1.